The van der Waals surface area contributed by atoms with Crippen LogP contribution in [-0.2, 0) is 16.1 Å². The van der Waals surface area contributed by atoms with Gasteiger partial charge in [-0.2, -0.15) is 0 Å². The van der Waals surface area contributed by atoms with Gasteiger partial charge in [0, 0.05) is 19.5 Å². The molecule has 0 saturated heterocycles. The van der Waals surface area contributed by atoms with Gasteiger partial charge in [-0.1, -0.05) is 50.1 Å². The van der Waals surface area contributed by atoms with E-state index in [-0.39, 0.29) is 11.8 Å². The summed E-state index contributed by atoms with van der Waals surface area (Å²) in [5.74, 6) is -0.0810. The van der Waals surface area contributed by atoms with Crippen molar-refractivity contribution in [2.75, 3.05) is 6.54 Å². The Balaban J connectivity index is 2.79. The summed E-state index contributed by atoms with van der Waals surface area (Å²) in [6.45, 7) is 8.86. The average molecular weight is 304 g/mol. The van der Waals surface area contributed by atoms with E-state index in [1.165, 1.54) is 0 Å². The van der Waals surface area contributed by atoms with Crippen molar-refractivity contribution in [3.63, 3.8) is 0 Å². The number of amides is 2. The van der Waals surface area contributed by atoms with Gasteiger partial charge in [-0.05, 0) is 25.8 Å². The molecule has 0 aliphatic carbocycles. The summed E-state index contributed by atoms with van der Waals surface area (Å²) < 4.78 is 0. The molecule has 22 heavy (non-hydrogen) atoms. The third kappa shape index (κ3) is 5.51. The Morgan fingerprint density at radius 2 is 2.00 bits per heavy atom. The van der Waals surface area contributed by atoms with Gasteiger partial charge in [-0.3, -0.25) is 9.59 Å². The van der Waals surface area contributed by atoms with Crippen molar-refractivity contribution < 1.29 is 9.59 Å². The number of nitrogens with zero attached hydrogens (tertiary/aromatic N) is 1. The van der Waals surface area contributed by atoms with Gasteiger partial charge in [0.25, 0.3) is 0 Å². The van der Waals surface area contributed by atoms with Gasteiger partial charge in [-0.25, -0.2) is 0 Å². The van der Waals surface area contributed by atoms with Crippen molar-refractivity contribution in [2.24, 2.45) is 0 Å². The van der Waals surface area contributed by atoms with Crippen LogP contribution >= 0.6 is 0 Å². The second-order valence-corrected chi connectivity index (χ2v) is 5.68. The molecule has 1 rings (SSSR count). The molecule has 0 radical (unpaired) electrons. The fourth-order valence-corrected chi connectivity index (χ4v) is 2.33. The molecule has 1 N–H and O–H groups in total. The first-order valence-electron chi connectivity index (χ1n) is 8.12. The maximum atomic E-state index is 12.2. The molecule has 0 aliphatic rings. The Labute approximate surface area is 133 Å². The lowest BCUT2D eigenvalue weighted by Gasteiger charge is -2.28. The topological polar surface area (TPSA) is 49.4 Å². The molecular formula is C18H28N2O2. The van der Waals surface area contributed by atoms with Crippen LogP contribution in [0.3, 0.4) is 0 Å². The monoisotopic (exact) mass is 304 g/mol. The maximum Gasteiger partial charge on any atom is 0.242 e. The molecule has 0 fully saturated rings. The second-order valence-electron chi connectivity index (χ2n) is 5.68. The van der Waals surface area contributed by atoms with Crippen LogP contribution in [0.15, 0.2) is 24.3 Å². The van der Waals surface area contributed by atoms with Crippen molar-refractivity contribution in [1.29, 1.82) is 0 Å². The lowest BCUT2D eigenvalue weighted by Crippen LogP contribution is -2.47. The van der Waals surface area contributed by atoms with Crippen molar-refractivity contribution in [2.45, 2.75) is 59.5 Å². The number of benzene rings is 1. The standard InChI is InChI=1S/C18H28N2O2/c1-5-7-11-19-18(22)15(4)20(17(21)6-2)13-16-10-8-9-14(3)12-16/h8-10,12,15H,5-7,11,13H2,1-4H3,(H,19,22)/t15-/m0/s1. The number of carbonyl (C=O) groups is 2. The summed E-state index contributed by atoms with van der Waals surface area (Å²) >= 11 is 0. The smallest absolute Gasteiger partial charge is 0.242 e. The quantitative estimate of drug-likeness (QED) is 0.750. The number of nitrogens with one attached hydrogen (secondary N) is 1. The molecule has 0 saturated carbocycles. The summed E-state index contributed by atoms with van der Waals surface area (Å²) in [4.78, 5) is 26.1. The number of unbranched alkanes of at least 4 members (excludes halogenated alkanes) is 1. The number of carbonyl (C=O) groups excluding carboxylic acids is 2. The number of hydrogen-bond acceptors (Lipinski definition) is 2. The maximum absolute atomic E-state index is 12.2. The highest BCUT2D eigenvalue weighted by molar-refractivity contribution is 5.87. The molecular weight excluding hydrogens is 276 g/mol. The van der Waals surface area contributed by atoms with E-state index in [1.807, 2.05) is 32.0 Å². The van der Waals surface area contributed by atoms with Crippen LogP contribution in [0.25, 0.3) is 0 Å². The molecule has 1 atom stereocenters. The first kappa shape index (κ1) is 18.2. The van der Waals surface area contributed by atoms with E-state index in [2.05, 4.69) is 18.3 Å². The summed E-state index contributed by atoms with van der Waals surface area (Å²) in [5, 5.41) is 2.91. The van der Waals surface area contributed by atoms with E-state index >= 15 is 0 Å². The van der Waals surface area contributed by atoms with Crippen LogP contribution in [0.4, 0.5) is 0 Å². The molecule has 1 aromatic carbocycles. The van der Waals surface area contributed by atoms with Crippen molar-refractivity contribution in [3.8, 4) is 0 Å². The molecule has 0 aromatic heterocycles. The molecule has 4 nitrogen and oxygen atoms in total. The Morgan fingerprint density at radius 1 is 1.27 bits per heavy atom. The SMILES string of the molecule is CCCCNC(=O)[C@H](C)N(Cc1cccc(C)c1)C(=O)CC. The minimum absolute atomic E-state index is 0.000326. The Kier molecular flexibility index (Phi) is 7.64. The number of hydrogen-bond donors (Lipinski definition) is 1. The Morgan fingerprint density at radius 3 is 2.59 bits per heavy atom. The summed E-state index contributed by atoms with van der Waals surface area (Å²) in [5.41, 5.74) is 2.21. The lowest BCUT2D eigenvalue weighted by atomic mass is 10.1. The second kappa shape index (κ2) is 9.23. The molecule has 0 spiro atoms. The van der Waals surface area contributed by atoms with Gasteiger partial charge in [0.2, 0.25) is 11.8 Å². The van der Waals surface area contributed by atoms with Crippen molar-refractivity contribution in [3.05, 3.63) is 35.4 Å². The van der Waals surface area contributed by atoms with Gasteiger partial charge in [0.1, 0.15) is 6.04 Å². The van der Waals surface area contributed by atoms with Gasteiger partial charge < -0.3 is 10.2 Å². The van der Waals surface area contributed by atoms with Crippen LogP contribution in [0, 0.1) is 6.92 Å². The number of aryl methyl sites for hydroxylation is 1. The molecule has 1 aromatic rings. The van der Waals surface area contributed by atoms with E-state index in [9.17, 15) is 9.59 Å². The normalized spacial score (nSPS) is 11.8. The van der Waals surface area contributed by atoms with Crippen LogP contribution < -0.4 is 5.32 Å². The van der Waals surface area contributed by atoms with E-state index in [0.717, 1.165) is 24.0 Å². The van der Waals surface area contributed by atoms with Crippen LogP contribution in [-0.4, -0.2) is 29.3 Å². The number of rotatable bonds is 8. The fraction of sp³-hybridized carbons (Fsp3) is 0.556. The summed E-state index contributed by atoms with van der Waals surface area (Å²) in [6.07, 6.45) is 2.39. The predicted octanol–water partition coefficient (Wildman–Crippen LogP) is 3.04. The van der Waals surface area contributed by atoms with Gasteiger partial charge in [0.15, 0.2) is 0 Å². The van der Waals surface area contributed by atoms with Gasteiger partial charge in [-0.15, -0.1) is 0 Å². The first-order chi connectivity index (χ1) is 10.5. The molecule has 122 valence electrons. The first-order valence-corrected chi connectivity index (χ1v) is 8.12. The molecule has 2 amide bonds. The zero-order valence-electron chi connectivity index (χ0n) is 14.2. The summed E-state index contributed by atoms with van der Waals surface area (Å²) in [6, 6.07) is 7.59. The third-order valence-electron chi connectivity index (χ3n) is 3.73. The fourth-order valence-electron chi connectivity index (χ4n) is 2.33. The minimum atomic E-state index is -0.454. The van der Waals surface area contributed by atoms with E-state index in [1.54, 1.807) is 11.8 Å². The van der Waals surface area contributed by atoms with Crippen molar-refractivity contribution in [1.82, 2.24) is 10.2 Å². The van der Waals surface area contributed by atoms with Crippen LogP contribution in [0.5, 0.6) is 0 Å². The van der Waals surface area contributed by atoms with Gasteiger partial charge >= 0.3 is 0 Å². The highest BCUT2D eigenvalue weighted by atomic mass is 16.2. The van der Waals surface area contributed by atoms with Crippen LogP contribution in [0.2, 0.25) is 0 Å². The van der Waals surface area contributed by atoms with E-state index in [0.29, 0.717) is 19.5 Å². The Hall–Kier alpha value is -1.84. The molecule has 0 bridgehead atoms. The highest BCUT2D eigenvalue weighted by Gasteiger charge is 2.24. The highest BCUT2D eigenvalue weighted by Crippen LogP contribution is 2.12. The molecule has 0 unspecified atom stereocenters. The van der Waals surface area contributed by atoms with Crippen molar-refractivity contribution >= 4 is 11.8 Å². The largest absolute Gasteiger partial charge is 0.354 e. The summed E-state index contributed by atoms with van der Waals surface area (Å²) in [7, 11) is 0. The van der Waals surface area contributed by atoms with E-state index in [4.69, 9.17) is 0 Å². The predicted molar refractivity (Wildman–Crippen MR) is 89.4 cm³/mol. The molecule has 4 heteroatoms. The zero-order valence-corrected chi connectivity index (χ0v) is 14.2. The van der Waals surface area contributed by atoms with Crippen LogP contribution in [0.1, 0.15) is 51.2 Å². The third-order valence-corrected chi connectivity index (χ3v) is 3.73. The zero-order chi connectivity index (χ0) is 16.5. The molecule has 0 aliphatic heterocycles. The lowest BCUT2D eigenvalue weighted by molar-refractivity contribution is -0.140. The minimum Gasteiger partial charge on any atom is -0.354 e. The van der Waals surface area contributed by atoms with Gasteiger partial charge in [0.05, 0.1) is 0 Å². The average Bonchev–Trinajstić information content (AvgIpc) is 2.51. The van der Waals surface area contributed by atoms with E-state index < -0.39 is 6.04 Å². The Bertz CT molecular complexity index is 500. The molecule has 0 heterocycles.